The van der Waals surface area contributed by atoms with Gasteiger partial charge in [0.1, 0.15) is 11.4 Å². The highest BCUT2D eigenvalue weighted by molar-refractivity contribution is 7.81. The molecule has 0 aliphatic carbocycles. The molecule has 1 amide bonds. The third-order valence-electron chi connectivity index (χ3n) is 4.01. The van der Waals surface area contributed by atoms with Crippen LogP contribution in [0.4, 0.5) is 22.9 Å². The minimum Gasteiger partial charge on any atom is -0.384 e. The number of carbonyl (C=O) groups excluding carboxylic acids is 1. The van der Waals surface area contributed by atoms with Gasteiger partial charge in [-0.25, -0.2) is 9.83 Å². The van der Waals surface area contributed by atoms with E-state index in [-0.39, 0.29) is 10.9 Å². The Labute approximate surface area is 155 Å². The van der Waals surface area contributed by atoms with Crippen molar-refractivity contribution >= 4 is 57.7 Å². The first-order valence-corrected chi connectivity index (χ1v) is 8.13. The second-order valence-electron chi connectivity index (χ2n) is 6.01. The average molecular weight is 372 g/mol. The molecule has 1 aliphatic rings. The molecule has 3 rings (SSSR count). The van der Waals surface area contributed by atoms with Crippen LogP contribution in [0, 0.1) is 6.57 Å². The average Bonchev–Trinajstić information content (AvgIpc) is 2.74. The first-order chi connectivity index (χ1) is 11.8. The van der Waals surface area contributed by atoms with E-state index in [4.69, 9.17) is 36.1 Å². The van der Waals surface area contributed by atoms with Crippen molar-refractivity contribution in [2.24, 2.45) is 0 Å². The summed E-state index contributed by atoms with van der Waals surface area (Å²) in [7, 11) is 0. The van der Waals surface area contributed by atoms with Gasteiger partial charge in [-0.05, 0) is 50.3 Å². The van der Waals surface area contributed by atoms with Crippen molar-refractivity contribution in [3.05, 3.63) is 53.0 Å². The minimum absolute atomic E-state index is 0.194. The van der Waals surface area contributed by atoms with Gasteiger partial charge in [0.05, 0.1) is 24.1 Å². The normalized spacial score (nSPS) is 16.2. The van der Waals surface area contributed by atoms with Gasteiger partial charge in [-0.15, -0.1) is 0 Å². The molecule has 25 heavy (non-hydrogen) atoms. The third-order valence-corrected chi connectivity index (χ3v) is 4.67. The van der Waals surface area contributed by atoms with Gasteiger partial charge in [-0.1, -0.05) is 17.7 Å². The number of amides is 1. The number of hydrogen-bond donors (Lipinski definition) is 1. The Hall–Kier alpha value is -2.69. The highest BCUT2D eigenvalue weighted by Gasteiger charge is 2.50. The molecule has 0 atom stereocenters. The van der Waals surface area contributed by atoms with E-state index in [1.165, 1.54) is 4.90 Å². The van der Waals surface area contributed by atoms with Crippen molar-refractivity contribution in [2.45, 2.75) is 19.4 Å². The predicted molar refractivity (Wildman–Crippen MR) is 103 cm³/mol. The molecule has 1 fully saturated rings. The fraction of sp³-hybridized carbons (Fsp3) is 0.176. The van der Waals surface area contributed by atoms with Crippen LogP contribution >= 0.6 is 23.8 Å². The molecule has 0 radical (unpaired) electrons. The van der Waals surface area contributed by atoms with Crippen LogP contribution in [-0.2, 0) is 4.79 Å². The van der Waals surface area contributed by atoms with Gasteiger partial charge < -0.3 is 10.6 Å². The van der Waals surface area contributed by atoms with Crippen LogP contribution in [0.2, 0.25) is 5.02 Å². The standard InChI is InChI=1S/C17H14ClN5OS/c1-17(2)15(24)22(10-4-6-13(20-3)12(18)8-10)16(25)23(17)11-5-7-14(19)21-9-11/h4-9H,1-2H3,(H2,19,21). The highest BCUT2D eigenvalue weighted by Crippen LogP contribution is 2.38. The zero-order chi connectivity index (χ0) is 18.4. The monoisotopic (exact) mass is 371 g/mol. The van der Waals surface area contributed by atoms with Gasteiger partial charge in [0.2, 0.25) is 5.69 Å². The van der Waals surface area contributed by atoms with E-state index in [9.17, 15) is 4.79 Å². The smallest absolute Gasteiger partial charge is 0.259 e. The van der Waals surface area contributed by atoms with Crippen molar-refractivity contribution in [2.75, 3.05) is 15.5 Å². The molecule has 126 valence electrons. The Morgan fingerprint density at radius 3 is 2.52 bits per heavy atom. The lowest BCUT2D eigenvalue weighted by atomic mass is 10.0. The van der Waals surface area contributed by atoms with Gasteiger partial charge in [-0.3, -0.25) is 9.69 Å². The maximum atomic E-state index is 13.0. The molecule has 2 N–H and O–H groups in total. The number of thiocarbonyl (C=S) groups is 1. The van der Waals surface area contributed by atoms with E-state index in [2.05, 4.69) is 9.83 Å². The number of halogens is 1. The number of pyridine rings is 1. The fourth-order valence-corrected chi connectivity index (χ4v) is 3.45. The molecule has 6 nitrogen and oxygen atoms in total. The van der Waals surface area contributed by atoms with Gasteiger partial charge in [0.25, 0.3) is 5.91 Å². The lowest BCUT2D eigenvalue weighted by molar-refractivity contribution is -0.120. The van der Waals surface area contributed by atoms with E-state index < -0.39 is 5.54 Å². The molecule has 8 heteroatoms. The van der Waals surface area contributed by atoms with Gasteiger partial charge in [0, 0.05) is 5.02 Å². The first kappa shape index (κ1) is 17.1. The number of nitrogens with zero attached hydrogens (tertiary/aromatic N) is 4. The number of aromatic nitrogens is 1. The summed E-state index contributed by atoms with van der Waals surface area (Å²) in [6, 6.07) is 8.22. The Balaban J connectivity index is 2.07. The zero-order valence-electron chi connectivity index (χ0n) is 13.5. The third kappa shape index (κ3) is 2.69. The molecule has 2 aromatic rings. The zero-order valence-corrected chi connectivity index (χ0v) is 15.1. The number of nitrogens with two attached hydrogens (primary N) is 1. The van der Waals surface area contributed by atoms with Crippen LogP contribution in [0.3, 0.4) is 0 Å². The van der Waals surface area contributed by atoms with Gasteiger partial charge in [0.15, 0.2) is 5.11 Å². The molecule has 1 aromatic heterocycles. The summed E-state index contributed by atoms with van der Waals surface area (Å²) in [5.74, 6) is 0.192. The van der Waals surface area contributed by atoms with Crippen LogP contribution < -0.4 is 15.5 Å². The largest absolute Gasteiger partial charge is 0.384 e. The molecule has 1 aromatic carbocycles. The van der Waals surface area contributed by atoms with E-state index in [0.717, 1.165) is 0 Å². The Morgan fingerprint density at radius 1 is 1.28 bits per heavy atom. The summed E-state index contributed by atoms with van der Waals surface area (Å²) in [5, 5.41) is 0.585. The second-order valence-corrected chi connectivity index (χ2v) is 6.78. The number of carbonyl (C=O) groups is 1. The summed E-state index contributed by atoms with van der Waals surface area (Å²) in [6.45, 7) is 10.6. The molecule has 1 aliphatic heterocycles. The second kappa shape index (κ2) is 5.99. The van der Waals surface area contributed by atoms with E-state index in [0.29, 0.717) is 28.0 Å². The summed E-state index contributed by atoms with van der Waals surface area (Å²) in [4.78, 5) is 23.6. The van der Waals surface area contributed by atoms with Crippen LogP contribution in [0.25, 0.3) is 4.85 Å². The van der Waals surface area contributed by atoms with Crippen molar-refractivity contribution in [1.82, 2.24) is 4.98 Å². The van der Waals surface area contributed by atoms with Crippen molar-refractivity contribution < 1.29 is 4.79 Å². The van der Waals surface area contributed by atoms with Crippen LogP contribution in [0.1, 0.15) is 13.8 Å². The Bertz CT molecular complexity index is 920. The Morgan fingerprint density at radius 2 is 1.96 bits per heavy atom. The molecular formula is C17H14ClN5OS. The maximum absolute atomic E-state index is 13.0. The van der Waals surface area contributed by atoms with E-state index in [1.54, 1.807) is 55.3 Å². The molecular weight excluding hydrogens is 358 g/mol. The van der Waals surface area contributed by atoms with Crippen LogP contribution in [0.15, 0.2) is 36.5 Å². The van der Waals surface area contributed by atoms with Gasteiger partial charge >= 0.3 is 0 Å². The number of benzene rings is 1. The number of anilines is 3. The minimum atomic E-state index is -0.903. The number of hydrogen-bond acceptors (Lipinski definition) is 4. The lowest BCUT2D eigenvalue weighted by Gasteiger charge is -2.29. The van der Waals surface area contributed by atoms with Crippen LogP contribution in [-0.4, -0.2) is 21.5 Å². The van der Waals surface area contributed by atoms with E-state index >= 15 is 0 Å². The predicted octanol–water partition coefficient (Wildman–Crippen LogP) is 3.78. The quantitative estimate of drug-likeness (QED) is 0.642. The first-order valence-electron chi connectivity index (χ1n) is 7.34. The number of rotatable bonds is 2. The Kier molecular flexibility index (Phi) is 4.11. The van der Waals surface area contributed by atoms with Crippen molar-refractivity contribution in [1.29, 1.82) is 0 Å². The summed E-state index contributed by atoms with van der Waals surface area (Å²) >= 11 is 11.7. The molecule has 0 saturated carbocycles. The highest BCUT2D eigenvalue weighted by atomic mass is 35.5. The molecule has 1 saturated heterocycles. The lowest BCUT2D eigenvalue weighted by Crippen LogP contribution is -2.44. The van der Waals surface area contributed by atoms with Crippen LogP contribution in [0.5, 0.6) is 0 Å². The summed E-state index contributed by atoms with van der Waals surface area (Å²) < 4.78 is 0. The van der Waals surface area contributed by atoms with Gasteiger partial charge in [-0.2, -0.15) is 0 Å². The molecule has 0 unspecified atom stereocenters. The molecule has 0 spiro atoms. The fourth-order valence-electron chi connectivity index (χ4n) is 2.71. The SMILES string of the molecule is [C-]#[N+]c1ccc(N2C(=O)C(C)(C)N(c3ccc(N)nc3)C2=S)cc1Cl. The summed E-state index contributed by atoms with van der Waals surface area (Å²) in [5.41, 5.74) is 6.25. The van der Waals surface area contributed by atoms with E-state index in [1.807, 2.05) is 0 Å². The molecule has 0 bridgehead atoms. The molecule has 2 heterocycles. The summed E-state index contributed by atoms with van der Waals surface area (Å²) in [6.07, 6.45) is 1.58. The topological polar surface area (TPSA) is 66.8 Å². The maximum Gasteiger partial charge on any atom is 0.259 e. The van der Waals surface area contributed by atoms with Crippen molar-refractivity contribution in [3.8, 4) is 0 Å². The number of nitrogen functional groups attached to an aromatic ring is 1. The van der Waals surface area contributed by atoms with Crippen molar-refractivity contribution in [3.63, 3.8) is 0 Å².